The molecule has 2 rings (SSSR count). The second kappa shape index (κ2) is 6.35. The van der Waals surface area contributed by atoms with Crippen molar-refractivity contribution in [3.8, 4) is 0 Å². The average Bonchev–Trinajstić information content (AvgIpc) is 3.21. The Morgan fingerprint density at radius 2 is 1.89 bits per heavy atom. The molecule has 1 fully saturated rings. The van der Waals surface area contributed by atoms with Gasteiger partial charge in [0.1, 0.15) is 0 Å². The van der Waals surface area contributed by atoms with Crippen molar-refractivity contribution in [2.45, 2.75) is 38.6 Å². The first kappa shape index (κ1) is 13.6. The lowest BCUT2D eigenvalue weighted by Crippen LogP contribution is -2.31. The number of hydrogen-bond donors (Lipinski definition) is 1. The zero-order chi connectivity index (χ0) is 13.0. The molecule has 0 radical (unpaired) electrons. The van der Waals surface area contributed by atoms with Gasteiger partial charge in [-0.15, -0.1) is 0 Å². The third kappa shape index (κ3) is 3.33. The molecule has 0 spiro atoms. The molecule has 1 aromatic rings. The van der Waals surface area contributed by atoms with Gasteiger partial charge in [0, 0.05) is 6.04 Å². The molecule has 3 unspecified atom stereocenters. The maximum Gasteiger partial charge on any atom is 0.00853 e. The van der Waals surface area contributed by atoms with Crippen molar-refractivity contribution in [2.24, 2.45) is 11.7 Å². The molecule has 2 nitrogen and oxygen atoms in total. The molecule has 0 bridgehead atoms. The van der Waals surface area contributed by atoms with Gasteiger partial charge in [-0.1, -0.05) is 44.2 Å². The Balaban J connectivity index is 1.77. The van der Waals surface area contributed by atoms with Gasteiger partial charge in [-0.05, 0) is 49.9 Å². The highest BCUT2D eigenvalue weighted by Crippen LogP contribution is 2.49. The van der Waals surface area contributed by atoms with Gasteiger partial charge in [-0.25, -0.2) is 0 Å². The normalized spacial score (nSPS) is 24.2. The van der Waals surface area contributed by atoms with Crippen LogP contribution < -0.4 is 5.73 Å². The summed E-state index contributed by atoms with van der Waals surface area (Å²) in [5.41, 5.74) is 7.81. The molecule has 1 aromatic carbocycles. The minimum atomic E-state index is 0.371. The van der Waals surface area contributed by atoms with Crippen molar-refractivity contribution < 1.29 is 0 Å². The third-order valence-corrected chi connectivity index (χ3v) is 4.29. The van der Waals surface area contributed by atoms with Crippen molar-refractivity contribution in [3.63, 3.8) is 0 Å². The summed E-state index contributed by atoms with van der Waals surface area (Å²) < 4.78 is 0. The van der Waals surface area contributed by atoms with Gasteiger partial charge in [-0.3, -0.25) is 0 Å². The van der Waals surface area contributed by atoms with E-state index in [0.717, 1.165) is 32.0 Å². The molecule has 2 N–H and O–H groups in total. The van der Waals surface area contributed by atoms with Crippen LogP contribution in [0.5, 0.6) is 0 Å². The van der Waals surface area contributed by atoms with E-state index in [2.05, 4.69) is 49.1 Å². The van der Waals surface area contributed by atoms with Gasteiger partial charge >= 0.3 is 0 Å². The predicted molar refractivity (Wildman–Crippen MR) is 77.7 cm³/mol. The minimum absolute atomic E-state index is 0.371. The lowest BCUT2D eigenvalue weighted by molar-refractivity contribution is 0.285. The maximum absolute atomic E-state index is 6.34. The molecule has 0 heterocycles. The molecule has 3 atom stereocenters. The molecule has 1 aliphatic carbocycles. The van der Waals surface area contributed by atoms with Crippen molar-refractivity contribution in [1.29, 1.82) is 0 Å². The second-order valence-corrected chi connectivity index (χ2v) is 5.40. The summed E-state index contributed by atoms with van der Waals surface area (Å²) in [6.45, 7) is 7.86. The van der Waals surface area contributed by atoms with Crippen molar-refractivity contribution in [2.75, 3.05) is 19.6 Å². The Hall–Kier alpha value is -0.860. The average molecular weight is 246 g/mol. The minimum Gasteiger partial charge on any atom is -0.327 e. The van der Waals surface area contributed by atoms with E-state index in [1.165, 1.54) is 12.0 Å². The molecular weight excluding hydrogens is 220 g/mol. The Bertz CT molecular complexity index is 345. The van der Waals surface area contributed by atoms with Gasteiger partial charge < -0.3 is 10.6 Å². The second-order valence-electron chi connectivity index (χ2n) is 5.40. The standard InChI is InChI=1S/C16H26N2/c1-3-18(4-2)11-10-16(17)15-12-14(15)13-8-6-5-7-9-13/h5-9,14-16H,3-4,10-12,17H2,1-2H3. The fraction of sp³-hybridized carbons (Fsp3) is 0.625. The van der Waals surface area contributed by atoms with E-state index in [4.69, 9.17) is 5.73 Å². The van der Waals surface area contributed by atoms with E-state index < -0.39 is 0 Å². The highest BCUT2D eigenvalue weighted by Gasteiger charge is 2.41. The predicted octanol–water partition coefficient (Wildman–Crippen LogP) is 2.85. The summed E-state index contributed by atoms with van der Waals surface area (Å²) in [7, 11) is 0. The zero-order valence-corrected chi connectivity index (χ0v) is 11.7. The van der Waals surface area contributed by atoms with Crippen molar-refractivity contribution in [1.82, 2.24) is 4.90 Å². The molecule has 1 saturated carbocycles. The summed E-state index contributed by atoms with van der Waals surface area (Å²) >= 11 is 0. The molecule has 2 heteroatoms. The third-order valence-electron chi connectivity index (χ3n) is 4.29. The number of rotatable bonds is 7. The van der Waals surface area contributed by atoms with Gasteiger partial charge in [-0.2, -0.15) is 0 Å². The van der Waals surface area contributed by atoms with E-state index in [9.17, 15) is 0 Å². The Labute approximate surface area is 111 Å². The van der Waals surface area contributed by atoms with Gasteiger partial charge in [0.05, 0.1) is 0 Å². The van der Waals surface area contributed by atoms with Crippen LogP contribution in [-0.4, -0.2) is 30.6 Å². The van der Waals surface area contributed by atoms with Crippen LogP contribution in [0, 0.1) is 5.92 Å². The fourth-order valence-corrected chi connectivity index (χ4v) is 2.86. The molecule has 18 heavy (non-hydrogen) atoms. The number of nitrogens with two attached hydrogens (primary N) is 1. The smallest absolute Gasteiger partial charge is 0.00853 e. The van der Waals surface area contributed by atoms with E-state index in [0.29, 0.717) is 12.0 Å². The van der Waals surface area contributed by atoms with Crippen LogP contribution in [0.25, 0.3) is 0 Å². The lowest BCUT2D eigenvalue weighted by atomic mass is 10.0. The molecule has 0 saturated heterocycles. The number of hydrogen-bond acceptors (Lipinski definition) is 2. The van der Waals surface area contributed by atoms with Crippen LogP contribution in [0.3, 0.4) is 0 Å². The molecule has 0 aliphatic heterocycles. The first-order valence-electron chi connectivity index (χ1n) is 7.29. The van der Waals surface area contributed by atoms with Crippen LogP contribution in [0.15, 0.2) is 30.3 Å². The summed E-state index contributed by atoms with van der Waals surface area (Å²) in [5.74, 6) is 1.43. The number of nitrogens with zero attached hydrogens (tertiary/aromatic N) is 1. The lowest BCUT2D eigenvalue weighted by Gasteiger charge is -2.20. The van der Waals surface area contributed by atoms with Crippen molar-refractivity contribution in [3.05, 3.63) is 35.9 Å². The monoisotopic (exact) mass is 246 g/mol. The summed E-state index contributed by atoms with van der Waals surface area (Å²) in [6, 6.07) is 11.2. The van der Waals surface area contributed by atoms with Gasteiger partial charge in [0.15, 0.2) is 0 Å². The SMILES string of the molecule is CCN(CC)CCC(N)C1CC1c1ccccc1. The largest absolute Gasteiger partial charge is 0.327 e. The Morgan fingerprint density at radius 3 is 2.50 bits per heavy atom. The van der Waals surface area contributed by atoms with Gasteiger partial charge in [0.2, 0.25) is 0 Å². The number of benzene rings is 1. The molecule has 0 amide bonds. The van der Waals surface area contributed by atoms with E-state index >= 15 is 0 Å². The molecule has 1 aliphatic rings. The van der Waals surface area contributed by atoms with Crippen LogP contribution in [0.1, 0.15) is 38.2 Å². The highest BCUT2D eigenvalue weighted by molar-refractivity contribution is 5.26. The van der Waals surface area contributed by atoms with Crippen LogP contribution >= 0.6 is 0 Å². The topological polar surface area (TPSA) is 29.3 Å². The van der Waals surface area contributed by atoms with E-state index in [-0.39, 0.29) is 0 Å². The fourth-order valence-electron chi connectivity index (χ4n) is 2.86. The Kier molecular flexibility index (Phi) is 4.79. The van der Waals surface area contributed by atoms with Crippen LogP contribution in [0.2, 0.25) is 0 Å². The summed E-state index contributed by atoms with van der Waals surface area (Å²) in [6.07, 6.45) is 2.42. The molecule has 0 aromatic heterocycles. The summed E-state index contributed by atoms with van der Waals surface area (Å²) in [4.78, 5) is 2.46. The van der Waals surface area contributed by atoms with Crippen molar-refractivity contribution >= 4 is 0 Å². The molecular formula is C16H26N2. The summed E-state index contributed by atoms with van der Waals surface area (Å²) in [5, 5.41) is 0. The molecule has 100 valence electrons. The van der Waals surface area contributed by atoms with E-state index in [1.807, 2.05) is 0 Å². The first-order chi connectivity index (χ1) is 8.76. The zero-order valence-electron chi connectivity index (χ0n) is 11.7. The van der Waals surface area contributed by atoms with Gasteiger partial charge in [0.25, 0.3) is 0 Å². The Morgan fingerprint density at radius 1 is 1.22 bits per heavy atom. The van der Waals surface area contributed by atoms with E-state index in [1.54, 1.807) is 0 Å². The quantitative estimate of drug-likeness (QED) is 0.801. The van der Waals surface area contributed by atoms with Crippen LogP contribution in [0.4, 0.5) is 0 Å². The maximum atomic E-state index is 6.34. The highest BCUT2D eigenvalue weighted by atomic mass is 15.1. The van der Waals surface area contributed by atoms with Crippen LogP contribution in [-0.2, 0) is 0 Å². The first-order valence-corrected chi connectivity index (χ1v) is 7.29.